The first-order valence-corrected chi connectivity index (χ1v) is 4.18. The molecule has 0 aliphatic carbocycles. The summed E-state index contributed by atoms with van der Waals surface area (Å²) in [7, 11) is 0. The van der Waals surface area contributed by atoms with Crippen LogP contribution in [0.3, 0.4) is 0 Å². The Hall–Kier alpha value is -1.57. The lowest BCUT2D eigenvalue weighted by Crippen LogP contribution is -1.96. The van der Waals surface area contributed by atoms with Crippen LogP contribution >= 0.6 is 0 Å². The Kier molecular flexibility index (Phi) is 3.26. The molecule has 0 aliphatic heterocycles. The number of aromatic hydroxyl groups is 1. The Morgan fingerprint density at radius 1 is 1.38 bits per heavy atom. The molecule has 0 aromatic heterocycles. The minimum absolute atomic E-state index is 0.146. The molecule has 0 spiro atoms. The van der Waals surface area contributed by atoms with E-state index in [-0.39, 0.29) is 11.2 Å². The van der Waals surface area contributed by atoms with Gasteiger partial charge in [0.15, 0.2) is 5.75 Å². The molecule has 13 heavy (non-hydrogen) atoms. The van der Waals surface area contributed by atoms with Crippen LogP contribution in [-0.2, 0) is 6.42 Å². The van der Waals surface area contributed by atoms with E-state index < -0.39 is 0 Å². The predicted molar refractivity (Wildman–Crippen MR) is 52.9 cm³/mol. The van der Waals surface area contributed by atoms with Crippen LogP contribution in [0.25, 0.3) is 0 Å². The first kappa shape index (κ1) is 9.52. The maximum absolute atomic E-state index is 11.1. The second kappa shape index (κ2) is 4.45. The Morgan fingerprint density at radius 3 is 2.77 bits per heavy atom. The van der Waals surface area contributed by atoms with E-state index in [4.69, 9.17) is 0 Å². The van der Waals surface area contributed by atoms with Crippen LogP contribution in [0.15, 0.2) is 41.7 Å². The molecular weight excluding hydrogens is 164 g/mol. The van der Waals surface area contributed by atoms with Crippen LogP contribution in [0, 0.1) is 0 Å². The fourth-order valence-electron chi connectivity index (χ4n) is 1.09. The Bertz CT molecular complexity index is 356. The highest BCUT2D eigenvalue weighted by Gasteiger charge is 2.00. The molecule has 2 nitrogen and oxygen atoms in total. The van der Waals surface area contributed by atoms with Crippen molar-refractivity contribution < 1.29 is 5.11 Å². The molecule has 1 N–H and O–H groups in total. The minimum Gasteiger partial charge on any atom is -0.504 e. The van der Waals surface area contributed by atoms with Crippen LogP contribution in [-0.4, -0.2) is 5.11 Å². The molecule has 2 heteroatoms. The molecule has 0 saturated heterocycles. The molecule has 0 saturated carbocycles. The predicted octanol–water partition coefficient (Wildman–Crippen LogP) is 1.87. The van der Waals surface area contributed by atoms with Crippen molar-refractivity contribution in [2.24, 2.45) is 0 Å². The molecule has 0 bridgehead atoms. The maximum Gasteiger partial charge on any atom is 0.220 e. The van der Waals surface area contributed by atoms with E-state index >= 15 is 0 Å². The summed E-state index contributed by atoms with van der Waals surface area (Å²) >= 11 is 0. The summed E-state index contributed by atoms with van der Waals surface area (Å²) < 4.78 is 0. The van der Waals surface area contributed by atoms with E-state index in [9.17, 15) is 9.90 Å². The molecule has 1 aromatic carbocycles. The quantitative estimate of drug-likeness (QED) is 0.714. The van der Waals surface area contributed by atoms with Gasteiger partial charge in [0.2, 0.25) is 5.43 Å². The first-order valence-electron chi connectivity index (χ1n) is 4.18. The van der Waals surface area contributed by atoms with Crippen molar-refractivity contribution in [2.75, 3.05) is 0 Å². The summed E-state index contributed by atoms with van der Waals surface area (Å²) in [5.41, 5.74) is 0.346. The average molecular weight is 176 g/mol. The van der Waals surface area contributed by atoms with Gasteiger partial charge in [-0.05, 0) is 24.5 Å². The fourth-order valence-corrected chi connectivity index (χ4v) is 1.09. The standard InChI is InChI=1S/C11H12O2/c1-2-3-6-9-7-4-5-8-10(12)11(9)13/h2,4-5,7-8H,1,3,6H2,(H,12,13). The van der Waals surface area contributed by atoms with Gasteiger partial charge < -0.3 is 5.11 Å². The highest BCUT2D eigenvalue weighted by Crippen LogP contribution is 2.11. The van der Waals surface area contributed by atoms with Crippen molar-refractivity contribution in [1.82, 2.24) is 0 Å². The lowest BCUT2D eigenvalue weighted by molar-refractivity contribution is 0.464. The minimum atomic E-state index is -0.330. The van der Waals surface area contributed by atoms with Crippen LogP contribution < -0.4 is 5.43 Å². The normalized spacial score (nSPS) is 9.54. The molecule has 0 amide bonds. The van der Waals surface area contributed by atoms with Gasteiger partial charge in [-0.25, -0.2) is 0 Å². The number of hydrogen-bond acceptors (Lipinski definition) is 2. The van der Waals surface area contributed by atoms with Crippen molar-refractivity contribution >= 4 is 0 Å². The van der Waals surface area contributed by atoms with E-state index in [0.29, 0.717) is 12.0 Å². The molecule has 0 radical (unpaired) electrons. The second-order valence-corrected chi connectivity index (χ2v) is 2.78. The first-order chi connectivity index (χ1) is 6.25. The smallest absolute Gasteiger partial charge is 0.220 e. The second-order valence-electron chi connectivity index (χ2n) is 2.78. The van der Waals surface area contributed by atoms with Crippen molar-refractivity contribution in [3.63, 3.8) is 0 Å². The number of hydrogen-bond donors (Lipinski definition) is 1. The Morgan fingerprint density at radius 2 is 2.08 bits per heavy atom. The van der Waals surface area contributed by atoms with Crippen LogP contribution in [0.5, 0.6) is 5.75 Å². The lowest BCUT2D eigenvalue weighted by Gasteiger charge is -1.96. The van der Waals surface area contributed by atoms with E-state index in [1.54, 1.807) is 24.3 Å². The molecule has 68 valence electrons. The van der Waals surface area contributed by atoms with Gasteiger partial charge in [-0.1, -0.05) is 24.3 Å². The molecule has 0 fully saturated rings. The SMILES string of the molecule is C=CCCc1ccccc(=O)c1O. The Labute approximate surface area is 77.2 Å². The highest BCUT2D eigenvalue weighted by atomic mass is 16.3. The van der Waals surface area contributed by atoms with Gasteiger partial charge >= 0.3 is 0 Å². The van der Waals surface area contributed by atoms with Crippen molar-refractivity contribution in [2.45, 2.75) is 12.8 Å². The van der Waals surface area contributed by atoms with Gasteiger partial charge in [0.05, 0.1) is 0 Å². The lowest BCUT2D eigenvalue weighted by atomic mass is 10.1. The van der Waals surface area contributed by atoms with Crippen LogP contribution in [0.2, 0.25) is 0 Å². The van der Waals surface area contributed by atoms with E-state index in [0.717, 1.165) is 6.42 Å². The van der Waals surface area contributed by atoms with Gasteiger partial charge in [0, 0.05) is 0 Å². The summed E-state index contributed by atoms with van der Waals surface area (Å²) in [6.45, 7) is 3.58. The molecule has 1 aromatic rings. The molecule has 0 unspecified atom stereocenters. The average Bonchev–Trinajstić information content (AvgIpc) is 2.28. The summed E-state index contributed by atoms with van der Waals surface area (Å²) in [5.74, 6) is -0.146. The maximum atomic E-state index is 11.1. The molecule has 0 heterocycles. The van der Waals surface area contributed by atoms with Gasteiger partial charge in [0.25, 0.3) is 0 Å². The summed E-state index contributed by atoms with van der Waals surface area (Å²) in [6.07, 6.45) is 3.17. The van der Waals surface area contributed by atoms with E-state index in [1.165, 1.54) is 6.07 Å². The summed E-state index contributed by atoms with van der Waals surface area (Å²) in [5, 5.41) is 9.44. The van der Waals surface area contributed by atoms with Crippen molar-refractivity contribution in [3.8, 4) is 5.75 Å². The van der Waals surface area contributed by atoms with E-state index in [2.05, 4.69) is 6.58 Å². The zero-order valence-electron chi connectivity index (χ0n) is 7.36. The molecule has 0 atom stereocenters. The van der Waals surface area contributed by atoms with Gasteiger partial charge in [-0.3, -0.25) is 4.79 Å². The topological polar surface area (TPSA) is 37.3 Å². The largest absolute Gasteiger partial charge is 0.504 e. The fraction of sp³-hybridized carbons (Fsp3) is 0.182. The zero-order chi connectivity index (χ0) is 9.68. The van der Waals surface area contributed by atoms with Crippen molar-refractivity contribution in [3.05, 3.63) is 52.7 Å². The van der Waals surface area contributed by atoms with Crippen LogP contribution in [0.4, 0.5) is 0 Å². The molecule has 0 aliphatic rings. The number of aryl methyl sites for hydroxylation is 1. The summed E-state index contributed by atoms with van der Waals surface area (Å²) in [4.78, 5) is 11.1. The molecule has 1 rings (SSSR count). The third-order valence-electron chi connectivity index (χ3n) is 1.81. The third kappa shape index (κ3) is 2.44. The number of allylic oxidation sites excluding steroid dienone is 1. The van der Waals surface area contributed by atoms with Gasteiger partial charge in [-0.2, -0.15) is 0 Å². The Balaban J connectivity index is 3.08. The summed E-state index contributed by atoms with van der Waals surface area (Å²) in [6, 6.07) is 6.48. The van der Waals surface area contributed by atoms with Crippen LogP contribution in [0.1, 0.15) is 12.0 Å². The van der Waals surface area contributed by atoms with E-state index in [1.807, 2.05) is 0 Å². The highest BCUT2D eigenvalue weighted by molar-refractivity contribution is 5.30. The monoisotopic (exact) mass is 176 g/mol. The molecular formula is C11H12O2. The third-order valence-corrected chi connectivity index (χ3v) is 1.81. The van der Waals surface area contributed by atoms with Gasteiger partial charge in [-0.15, -0.1) is 6.58 Å². The zero-order valence-corrected chi connectivity index (χ0v) is 7.36. The number of rotatable bonds is 3. The van der Waals surface area contributed by atoms with Crippen molar-refractivity contribution in [1.29, 1.82) is 0 Å². The van der Waals surface area contributed by atoms with Gasteiger partial charge in [0.1, 0.15) is 0 Å².